The van der Waals surface area contributed by atoms with Gasteiger partial charge in [-0.1, -0.05) is 18.2 Å². The first-order valence-electron chi connectivity index (χ1n) is 14.3. The number of aromatic nitrogens is 6. The first-order valence-corrected chi connectivity index (χ1v) is 14.3. The highest BCUT2D eigenvalue weighted by atomic mass is 19.1. The van der Waals surface area contributed by atoms with Gasteiger partial charge in [0.1, 0.15) is 11.3 Å². The Hall–Kier alpha value is -6.05. The maximum atomic E-state index is 14.0. The summed E-state index contributed by atoms with van der Waals surface area (Å²) in [7, 11) is 3.07. The van der Waals surface area contributed by atoms with Crippen molar-refractivity contribution in [3.05, 3.63) is 110 Å². The number of fused-ring (bicyclic) bond motifs is 1. The number of carbonyl (C=O) groups excluding carboxylic acids is 2. The number of amides is 2. The highest BCUT2D eigenvalue weighted by molar-refractivity contribution is 6.11. The van der Waals surface area contributed by atoms with Crippen molar-refractivity contribution in [2.45, 2.75) is 27.3 Å². The average molecular weight is 625 g/mol. The summed E-state index contributed by atoms with van der Waals surface area (Å²) in [5, 5.41) is 9.37. The molecule has 46 heavy (non-hydrogen) atoms. The minimum Gasteiger partial charge on any atom is -0.381 e. The molecule has 6 rings (SSSR count). The van der Waals surface area contributed by atoms with Gasteiger partial charge >= 0.3 is 0 Å². The van der Waals surface area contributed by atoms with Crippen molar-refractivity contribution >= 4 is 34.2 Å². The zero-order valence-electron chi connectivity index (χ0n) is 25.6. The summed E-state index contributed by atoms with van der Waals surface area (Å²) < 4.78 is 24.9. The molecule has 0 aliphatic rings. The lowest BCUT2D eigenvalue weighted by molar-refractivity contribution is 0.101. The molecule has 0 aliphatic carbocycles. The van der Waals surface area contributed by atoms with Crippen LogP contribution in [0.3, 0.4) is 0 Å². The number of anilines is 2. The van der Waals surface area contributed by atoms with Crippen molar-refractivity contribution in [2.24, 2.45) is 14.1 Å². The molecular formula is C32H29FN8O5. The number of hydrogen-bond acceptors (Lipinski definition) is 7. The molecule has 4 heterocycles. The minimum absolute atomic E-state index is 0.0206. The number of nitrogens with zero attached hydrogens (tertiary/aromatic N) is 6. The Morgan fingerprint density at radius 2 is 1.70 bits per heavy atom. The lowest BCUT2D eigenvalue weighted by Crippen LogP contribution is -2.21. The van der Waals surface area contributed by atoms with Gasteiger partial charge < -0.3 is 15.2 Å². The largest absolute Gasteiger partial charge is 0.381 e. The second-order valence-corrected chi connectivity index (χ2v) is 10.7. The number of carbonyl (C=O) groups is 2. The van der Waals surface area contributed by atoms with Crippen LogP contribution in [0.2, 0.25) is 0 Å². The van der Waals surface area contributed by atoms with Gasteiger partial charge in [0.15, 0.2) is 17.3 Å². The molecule has 0 bridgehead atoms. The van der Waals surface area contributed by atoms with Gasteiger partial charge in [-0.25, -0.2) is 14.1 Å². The van der Waals surface area contributed by atoms with Crippen molar-refractivity contribution in [1.82, 2.24) is 28.9 Å². The van der Waals surface area contributed by atoms with Crippen molar-refractivity contribution in [3.63, 3.8) is 0 Å². The van der Waals surface area contributed by atoms with Crippen LogP contribution in [-0.2, 0) is 20.6 Å². The summed E-state index contributed by atoms with van der Waals surface area (Å²) in [4.78, 5) is 57.3. The van der Waals surface area contributed by atoms with Gasteiger partial charge in [0.25, 0.3) is 22.9 Å². The quantitative estimate of drug-likeness (QED) is 0.271. The lowest BCUT2D eigenvalue weighted by Gasteiger charge is -2.13. The Balaban J connectivity index is 1.35. The van der Waals surface area contributed by atoms with Crippen molar-refractivity contribution in [2.75, 3.05) is 10.6 Å². The molecular weight excluding hydrogens is 595 g/mol. The second kappa shape index (κ2) is 11.5. The molecule has 14 heteroatoms. The van der Waals surface area contributed by atoms with E-state index in [1.165, 1.54) is 35.6 Å². The number of hydrogen-bond donors (Lipinski definition) is 2. The first-order chi connectivity index (χ1) is 22.0. The molecule has 0 aliphatic heterocycles. The van der Waals surface area contributed by atoms with Crippen molar-refractivity contribution in [3.8, 4) is 16.8 Å². The minimum atomic E-state index is -0.682. The fraction of sp³-hybridized carbons (Fsp3) is 0.188. The van der Waals surface area contributed by atoms with Crippen LogP contribution in [0.25, 0.3) is 27.7 Å². The van der Waals surface area contributed by atoms with Crippen molar-refractivity contribution < 1.29 is 18.5 Å². The number of pyridine rings is 1. The zero-order valence-corrected chi connectivity index (χ0v) is 25.6. The van der Waals surface area contributed by atoms with Gasteiger partial charge in [-0.2, -0.15) is 9.84 Å². The van der Waals surface area contributed by atoms with Crippen LogP contribution in [0.4, 0.5) is 15.9 Å². The summed E-state index contributed by atoms with van der Waals surface area (Å²) in [6.45, 7) is 5.57. The van der Waals surface area contributed by atoms with E-state index in [0.29, 0.717) is 45.7 Å². The predicted octanol–water partition coefficient (Wildman–Crippen LogP) is 4.16. The molecule has 2 aromatic carbocycles. The summed E-state index contributed by atoms with van der Waals surface area (Å²) in [6.07, 6.45) is 1.13. The predicted molar refractivity (Wildman–Crippen MR) is 169 cm³/mol. The van der Waals surface area contributed by atoms with Crippen LogP contribution in [0.1, 0.15) is 39.2 Å². The van der Waals surface area contributed by atoms with Gasteiger partial charge in [-0.05, 0) is 62.7 Å². The van der Waals surface area contributed by atoms with E-state index in [2.05, 4.69) is 20.7 Å². The monoisotopic (exact) mass is 624 g/mol. The number of halogens is 1. The smallest absolute Gasteiger partial charge is 0.290 e. The topological polar surface area (TPSA) is 151 Å². The maximum Gasteiger partial charge on any atom is 0.290 e. The Kier molecular flexibility index (Phi) is 7.48. The van der Waals surface area contributed by atoms with E-state index in [1.54, 1.807) is 61.0 Å². The fourth-order valence-electron chi connectivity index (χ4n) is 5.48. The summed E-state index contributed by atoms with van der Waals surface area (Å²) >= 11 is 0. The van der Waals surface area contributed by atoms with E-state index in [9.17, 15) is 23.6 Å². The number of nitrogens with one attached hydrogen (secondary N) is 2. The Labute approximate surface area is 260 Å². The van der Waals surface area contributed by atoms with Gasteiger partial charge in [0, 0.05) is 37.6 Å². The molecule has 0 unspecified atom stereocenters. The van der Waals surface area contributed by atoms with E-state index in [-0.39, 0.29) is 33.9 Å². The molecule has 0 spiro atoms. The first kappa shape index (κ1) is 30.0. The zero-order chi connectivity index (χ0) is 32.9. The molecule has 4 aromatic heterocycles. The molecule has 6 aromatic rings. The molecule has 0 radical (unpaired) electrons. The van der Waals surface area contributed by atoms with Crippen LogP contribution >= 0.6 is 0 Å². The second-order valence-electron chi connectivity index (χ2n) is 10.7. The van der Waals surface area contributed by atoms with Crippen LogP contribution < -0.4 is 21.8 Å². The lowest BCUT2D eigenvalue weighted by atomic mass is 10.1. The molecule has 0 saturated heterocycles. The third-order valence-electron chi connectivity index (χ3n) is 7.48. The van der Waals surface area contributed by atoms with Crippen molar-refractivity contribution in [1.29, 1.82) is 0 Å². The fourth-order valence-corrected chi connectivity index (χ4v) is 5.48. The van der Waals surface area contributed by atoms with E-state index in [0.717, 1.165) is 10.9 Å². The molecule has 13 nitrogen and oxygen atoms in total. The maximum absolute atomic E-state index is 14.0. The highest BCUT2D eigenvalue weighted by Gasteiger charge is 2.24. The summed E-state index contributed by atoms with van der Waals surface area (Å²) in [5.41, 5.74) is 2.24. The Bertz CT molecular complexity index is 2290. The molecule has 0 saturated carbocycles. The SMILES string of the molecule is CCn1c2c(C(=O)Nc3cccc(C(=O)Nc4nn(C)cc4F)c3)nc(C)cc2c(=O)n1-c1ccc(-c2c(C)on(C)c2=O)cc1. The third kappa shape index (κ3) is 5.19. The van der Waals surface area contributed by atoms with Crippen LogP contribution in [-0.4, -0.2) is 40.7 Å². The van der Waals surface area contributed by atoms with Gasteiger partial charge in [0.05, 0.1) is 22.8 Å². The molecule has 0 atom stereocenters. The van der Waals surface area contributed by atoms with E-state index >= 15 is 0 Å². The van der Waals surface area contributed by atoms with Gasteiger partial charge in [-0.3, -0.25) is 28.5 Å². The normalized spacial score (nSPS) is 11.3. The number of aryl methyl sites for hydroxylation is 5. The average Bonchev–Trinajstić information content (AvgIpc) is 3.59. The molecule has 0 fully saturated rings. The van der Waals surface area contributed by atoms with Crippen LogP contribution in [0.5, 0.6) is 0 Å². The van der Waals surface area contributed by atoms with E-state index in [4.69, 9.17) is 4.52 Å². The van der Waals surface area contributed by atoms with Gasteiger partial charge in [-0.15, -0.1) is 0 Å². The number of rotatable bonds is 7. The standard InChI is InChI=1S/C32H29FN8O5/c1-6-40-27-23(31(44)41(40)22-12-10-19(11-13-22)25-18(3)46-39(5)32(25)45)14-17(2)34-26(27)30(43)35-21-9-7-8-20(15-21)29(42)36-28-24(33)16-38(4)37-28/h7-16H,6H2,1-5H3,(H,35,43)(H,36,37,42). The van der Waals surface area contributed by atoms with Gasteiger partial charge in [0.2, 0.25) is 0 Å². The molecule has 234 valence electrons. The number of benzene rings is 2. The van der Waals surface area contributed by atoms with E-state index in [1.807, 2.05) is 6.92 Å². The molecule has 2 amide bonds. The third-order valence-corrected chi connectivity index (χ3v) is 7.48. The Morgan fingerprint density at radius 1 is 0.957 bits per heavy atom. The van der Waals surface area contributed by atoms with Crippen LogP contribution in [0, 0.1) is 19.7 Å². The van der Waals surface area contributed by atoms with Crippen LogP contribution in [0.15, 0.2) is 74.9 Å². The Morgan fingerprint density at radius 3 is 2.33 bits per heavy atom. The van der Waals surface area contributed by atoms with E-state index < -0.39 is 17.6 Å². The molecule has 2 N–H and O–H groups in total. The summed E-state index contributed by atoms with van der Waals surface area (Å²) in [6, 6.07) is 14.7. The highest BCUT2D eigenvalue weighted by Crippen LogP contribution is 2.25. The summed E-state index contributed by atoms with van der Waals surface area (Å²) in [5.74, 6) is -1.63.